The lowest BCUT2D eigenvalue weighted by Crippen LogP contribution is -2.23. The van der Waals surface area contributed by atoms with E-state index >= 15 is 0 Å². The van der Waals surface area contributed by atoms with Crippen molar-refractivity contribution in [2.24, 2.45) is 0 Å². The number of amides is 1. The minimum Gasteiger partial charge on any atom is -0.325 e. The summed E-state index contributed by atoms with van der Waals surface area (Å²) in [5, 5.41) is 4.36. The van der Waals surface area contributed by atoms with E-state index in [-0.39, 0.29) is 17.2 Å². The molecule has 0 saturated carbocycles. The Hall–Kier alpha value is -2.90. The first kappa shape index (κ1) is 23.8. The number of carbonyl (C=O) groups excluding carboxylic acids is 1. The first-order chi connectivity index (χ1) is 16.9. The van der Waals surface area contributed by atoms with Crippen molar-refractivity contribution in [3.8, 4) is 5.69 Å². The number of para-hydroxylation sites is 1. The smallest absolute Gasteiger partial charge is 0.267 e. The molecule has 0 unspecified atom stereocenters. The van der Waals surface area contributed by atoms with Crippen LogP contribution in [-0.4, -0.2) is 21.2 Å². The van der Waals surface area contributed by atoms with E-state index in [2.05, 4.69) is 19.2 Å². The average Bonchev–Trinajstić information content (AvgIpc) is 3.22. The number of anilines is 1. The Morgan fingerprint density at radius 3 is 2.63 bits per heavy atom. The van der Waals surface area contributed by atoms with Crippen LogP contribution in [0.5, 0.6) is 0 Å². The number of fused-ring (bicyclic) bond motifs is 3. The van der Waals surface area contributed by atoms with E-state index in [1.165, 1.54) is 22.2 Å². The van der Waals surface area contributed by atoms with Crippen LogP contribution in [0.4, 0.5) is 5.69 Å². The first-order valence-electron chi connectivity index (χ1n) is 12.1. The molecule has 0 aliphatic heterocycles. The SMILES string of the molecule is Cc1ccc(-n2c(SCC(=O)Nc3ccccc3C(C)C)nc3sc4c(c3c2=O)CCCC4)cc1. The van der Waals surface area contributed by atoms with Crippen molar-refractivity contribution in [2.75, 3.05) is 11.1 Å². The second-order valence-corrected chi connectivity index (χ2v) is 11.4. The summed E-state index contributed by atoms with van der Waals surface area (Å²) >= 11 is 2.95. The Kier molecular flexibility index (Phi) is 6.80. The Bertz CT molecular complexity index is 1450. The molecule has 0 radical (unpaired) electrons. The van der Waals surface area contributed by atoms with Crippen molar-refractivity contribution >= 4 is 44.9 Å². The molecule has 7 heteroatoms. The molecule has 2 heterocycles. The maximum absolute atomic E-state index is 13.8. The maximum Gasteiger partial charge on any atom is 0.267 e. The second-order valence-electron chi connectivity index (χ2n) is 9.34. The highest BCUT2D eigenvalue weighted by Crippen LogP contribution is 2.35. The van der Waals surface area contributed by atoms with Gasteiger partial charge in [-0.15, -0.1) is 11.3 Å². The maximum atomic E-state index is 13.8. The first-order valence-corrected chi connectivity index (χ1v) is 13.9. The molecule has 0 bridgehead atoms. The molecule has 1 aliphatic rings. The molecular formula is C28H29N3O2S2. The van der Waals surface area contributed by atoms with Gasteiger partial charge in [0.2, 0.25) is 5.91 Å². The van der Waals surface area contributed by atoms with Gasteiger partial charge in [-0.2, -0.15) is 0 Å². The predicted molar refractivity (Wildman–Crippen MR) is 146 cm³/mol. The molecule has 180 valence electrons. The van der Waals surface area contributed by atoms with Gasteiger partial charge < -0.3 is 5.32 Å². The average molecular weight is 504 g/mol. The van der Waals surface area contributed by atoms with Gasteiger partial charge in [0.25, 0.3) is 5.56 Å². The van der Waals surface area contributed by atoms with E-state index in [9.17, 15) is 9.59 Å². The van der Waals surface area contributed by atoms with E-state index in [1.54, 1.807) is 15.9 Å². The third kappa shape index (κ3) is 4.80. The Morgan fingerprint density at radius 2 is 1.86 bits per heavy atom. The van der Waals surface area contributed by atoms with Crippen LogP contribution in [0.15, 0.2) is 58.5 Å². The van der Waals surface area contributed by atoms with Gasteiger partial charge in [-0.3, -0.25) is 14.2 Å². The van der Waals surface area contributed by atoms with Crippen LogP contribution < -0.4 is 10.9 Å². The highest BCUT2D eigenvalue weighted by Gasteiger charge is 2.23. The summed E-state index contributed by atoms with van der Waals surface area (Å²) in [6.45, 7) is 6.25. The Morgan fingerprint density at radius 1 is 1.11 bits per heavy atom. The van der Waals surface area contributed by atoms with Gasteiger partial charge in [-0.1, -0.05) is 61.5 Å². The van der Waals surface area contributed by atoms with E-state index in [0.29, 0.717) is 11.1 Å². The normalized spacial score (nSPS) is 13.3. The standard InChI is InChI=1S/C28H29N3O2S2/c1-17(2)20-8-4-6-10-22(20)29-24(32)16-34-28-30-26-25(21-9-5-7-11-23(21)35-26)27(33)31(28)19-14-12-18(3)13-15-19/h4,6,8,10,12-15,17H,5,7,9,11,16H2,1-3H3,(H,29,32). The van der Waals surface area contributed by atoms with Crippen LogP contribution in [0, 0.1) is 6.92 Å². The monoisotopic (exact) mass is 503 g/mol. The number of carbonyl (C=O) groups is 1. The van der Waals surface area contributed by atoms with Gasteiger partial charge in [0.05, 0.1) is 16.8 Å². The van der Waals surface area contributed by atoms with Crippen LogP contribution >= 0.6 is 23.1 Å². The minimum absolute atomic E-state index is 0.0358. The molecule has 5 nitrogen and oxygen atoms in total. The molecule has 1 amide bonds. The Labute approximate surface area is 213 Å². The number of aryl methyl sites for hydroxylation is 3. The molecular weight excluding hydrogens is 474 g/mol. The fraction of sp³-hybridized carbons (Fsp3) is 0.321. The van der Waals surface area contributed by atoms with Crippen molar-refractivity contribution in [3.63, 3.8) is 0 Å². The molecule has 35 heavy (non-hydrogen) atoms. The van der Waals surface area contributed by atoms with Crippen molar-refractivity contribution < 1.29 is 4.79 Å². The quantitative estimate of drug-likeness (QED) is 0.241. The minimum atomic E-state index is -0.113. The van der Waals surface area contributed by atoms with Crippen LogP contribution in [0.25, 0.3) is 15.9 Å². The number of hydrogen-bond donors (Lipinski definition) is 1. The van der Waals surface area contributed by atoms with Crippen LogP contribution in [0.3, 0.4) is 0 Å². The molecule has 1 aliphatic carbocycles. The van der Waals surface area contributed by atoms with Gasteiger partial charge in [0.15, 0.2) is 5.16 Å². The third-order valence-electron chi connectivity index (χ3n) is 6.44. The topological polar surface area (TPSA) is 64.0 Å². The summed E-state index contributed by atoms with van der Waals surface area (Å²) in [5.41, 5.74) is 4.98. The molecule has 0 fully saturated rings. The van der Waals surface area contributed by atoms with Crippen LogP contribution in [0.1, 0.15) is 54.2 Å². The second kappa shape index (κ2) is 9.99. The lowest BCUT2D eigenvalue weighted by atomic mass is 9.97. The zero-order chi connectivity index (χ0) is 24.5. The van der Waals surface area contributed by atoms with Crippen molar-refractivity contribution in [3.05, 3.63) is 80.5 Å². The lowest BCUT2D eigenvalue weighted by molar-refractivity contribution is -0.113. The summed E-state index contributed by atoms with van der Waals surface area (Å²) in [6, 6.07) is 15.8. The fourth-order valence-corrected chi connectivity index (χ4v) is 6.75. The van der Waals surface area contributed by atoms with Gasteiger partial charge in [0, 0.05) is 10.6 Å². The number of thiophene rings is 1. The zero-order valence-corrected chi connectivity index (χ0v) is 21.9. The number of hydrogen-bond acceptors (Lipinski definition) is 5. The highest BCUT2D eigenvalue weighted by molar-refractivity contribution is 7.99. The van der Waals surface area contributed by atoms with E-state index in [4.69, 9.17) is 4.98 Å². The molecule has 1 N–H and O–H groups in total. The number of rotatable bonds is 6. The van der Waals surface area contributed by atoms with E-state index < -0.39 is 0 Å². The lowest BCUT2D eigenvalue weighted by Gasteiger charge is -2.15. The van der Waals surface area contributed by atoms with Gasteiger partial charge >= 0.3 is 0 Å². The third-order valence-corrected chi connectivity index (χ3v) is 8.56. The summed E-state index contributed by atoms with van der Waals surface area (Å²) in [7, 11) is 0. The van der Waals surface area contributed by atoms with Gasteiger partial charge in [0.1, 0.15) is 4.83 Å². The summed E-state index contributed by atoms with van der Waals surface area (Å²) in [4.78, 5) is 33.8. The molecule has 2 aromatic carbocycles. The van der Waals surface area contributed by atoms with Gasteiger partial charge in [-0.05, 0) is 67.9 Å². The molecule has 5 rings (SSSR count). The van der Waals surface area contributed by atoms with E-state index in [1.807, 2.05) is 55.5 Å². The van der Waals surface area contributed by atoms with Crippen molar-refractivity contribution in [1.82, 2.24) is 9.55 Å². The van der Waals surface area contributed by atoms with Crippen LogP contribution in [-0.2, 0) is 17.6 Å². The van der Waals surface area contributed by atoms with E-state index in [0.717, 1.165) is 58.4 Å². The number of benzene rings is 2. The molecule has 0 atom stereocenters. The molecule has 0 spiro atoms. The summed E-state index contributed by atoms with van der Waals surface area (Å²) in [6.07, 6.45) is 4.22. The molecule has 4 aromatic rings. The predicted octanol–water partition coefficient (Wildman–Crippen LogP) is 6.49. The zero-order valence-electron chi connectivity index (χ0n) is 20.3. The van der Waals surface area contributed by atoms with Crippen molar-refractivity contribution in [2.45, 2.75) is 57.5 Å². The summed E-state index contributed by atoms with van der Waals surface area (Å²) in [5.74, 6) is 0.361. The summed E-state index contributed by atoms with van der Waals surface area (Å²) < 4.78 is 1.68. The highest BCUT2D eigenvalue weighted by atomic mass is 32.2. The largest absolute Gasteiger partial charge is 0.325 e. The number of nitrogens with one attached hydrogen (secondary N) is 1. The number of nitrogens with zero attached hydrogens (tertiary/aromatic N) is 2. The van der Waals surface area contributed by atoms with Crippen molar-refractivity contribution in [1.29, 1.82) is 0 Å². The Balaban J connectivity index is 1.50. The van der Waals surface area contributed by atoms with Crippen LogP contribution in [0.2, 0.25) is 0 Å². The fourth-order valence-electron chi connectivity index (χ4n) is 4.64. The number of aromatic nitrogens is 2. The van der Waals surface area contributed by atoms with Gasteiger partial charge in [-0.25, -0.2) is 4.98 Å². The molecule has 0 saturated heterocycles. The number of thioether (sulfide) groups is 1. The molecule has 2 aromatic heterocycles.